The third-order valence-corrected chi connectivity index (χ3v) is 3.11. The summed E-state index contributed by atoms with van der Waals surface area (Å²) in [5.74, 6) is 0.748. The molecule has 0 unspecified atom stereocenters. The highest BCUT2D eigenvalue weighted by Crippen LogP contribution is 2.32. The molecule has 0 bridgehead atoms. The van der Waals surface area contributed by atoms with E-state index in [1.54, 1.807) is 30.1 Å². The summed E-state index contributed by atoms with van der Waals surface area (Å²) in [7, 11) is 1.70. The molecule has 1 aromatic rings. The number of carbonyl (C=O) groups excluding carboxylic acids is 1. The maximum Gasteiger partial charge on any atom is 0.223 e. The van der Waals surface area contributed by atoms with Gasteiger partial charge in [-0.1, -0.05) is 29.3 Å². The van der Waals surface area contributed by atoms with Gasteiger partial charge in [0.25, 0.3) is 0 Å². The lowest BCUT2D eigenvalue weighted by molar-refractivity contribution is -0.129. The van der Waals surface area contributed by atoms with Crippen molar-refractivity contribution in [1.82, 2.24) is 4.90 Å². The molecule has 0 aromatic heterocycles. The summed E-state index contributed by atoms with van der Waals surface area (Å²) < 4.78 is 5.48. The maximum atomic E-state index is 11.5. The zero-order valence-electron chi connectivity index (χ0n) is 9.96. The first-order chi connectivity index (χ1) is 8.56. The molecule has 0 N–H and O–H groups in total. The molecule has 0 spiro atoms. The van der Waals surface area contributed by atoms with Crippen LogP contribution in [0.4, 0.5) is 0 Å². The van der Waals surface area contributed by atoms with E-state index in [0.29, 0.717) is 41.2 Å². The van der Waals surface area contributed by atoms with Crippen LogP contribution >= 0.6 is 34.8 Å². The fourth-order valence-corrected chi connectivity index (χ4v) is 1.97. The number of alkyl halides is 1. The van der Waals surface area contributed by atoms with E-state index in [1.165, 1.54) is 0 Å². The van der Waals surface area contributed by atoms with Gasteiger partial charge in [0.2, 0.25) is 5.91 Å². The Bertz CT molecular complexity index is 392. The summed E-state index contributed by atoms with van der Waals surface area (Å²) in [6, 6.07) is 5.14. The smallest absolute Gasteiger partial charge is 0.223 e. The number of halogens is 3. The molecular formula is C12H14Cl3NO2. The van der Waals surface area contributed by atoms with Gasteiger partial charge in [-0.15, -0.1) is 11.6 Å². The van der Waals surface area contributed by atoms with Crippen molar-refractivity contribution >= 4 is 40.7 Å². The number of benzene rings is 1. The number of ether oxygens (including phenoxy) is 1. The average molecular weight is 311 g/mol. The van der Waals surface area contributed by atoms with Crippen LogP contribution in [0.1, 0.15) is 6.42 Å². The highest BCUT2D eigenvalue weighted by molar-refractivity contribution is 6.37. The molecule has 0 saturated carbocycles. The first-order valence-electron chi connectivity index (χ1n) is 5.43. The van der Waals surface area contributed by atoms with Crippen molar-refractivity contribution in [3.8, 4) is 5.75 Å². The van der Waals surface area contributed by atoms with Gasteiger partial charge < -0.3 is 9.64 Å². The molecule has 6 heteroatoms. The molecule has 0 heterocycles. The average Bonchev–Trinajstić information content (AvgIpc) is 2.33. The Kier molecular flexibility index (Phi) is 6.61. The molecule has 0 aliphatic heterocycles. The van der Waals surface area contributed by atoms with Crippen molar-refractivity contribution in [3.05, 3.63) is 28.2 Å². The van der Waals surface area contributed by atoms with Crippen molar-refractivity contribution in [2.75, 3.05) is 26.1 Å². The molecule has 100 valence electrons. The number of amides is 1. The first-order valence-corrected chi connectivity index (χ1v) is 6.72. The second kappa shape index (κ2) is 7.72. The summed E-state index contributed by atoms with van der Waals surface area (Å²) in [6.07, 6.45) is 0.324. The van der Waals surface area contributed by atoms with Crippen LogP contribution in [0, 0.1) is 0 Å². The van der Waals surface area contributed by atoms with E-state index in [2.05, 4.69) is 0 Å². The predicted octanol–water partition coefficient (Wildman–Crippen LogP) is 3.46. The third-order valence-electron chi connectivity index (χ3n) is 2.33. The summed E-state index contributed by atoms with van der Waals surface area (Å²) in [6.45, 7) is 0.783. The van der Waals surface area contributed by atoms with E-state index in [9.17, 15) is 4.79 Å². The van der Waals surface area contributed by atoms with Crippen LogP contribution in [0.5, 0.6) is 5.75 Å². The maximum absolute atomic E-state index is 11.5. The van der Waals surface area contributed by atoms with Crippen molar-refractivity contribution in [2.24, 2.45) is 0 Å². The van der Waals surface area contributed by atoms with Gasteiger partial charge in [0.1, 0.15) is 6.61 Å². The zero-order valence-corrected chi connectivity index (χ0v) is 12.2. The summed E-state index contributed by atoms with van der Waals surface area (Å²) in [5, 5.41) is 0.912. The van der Waals surface area contributed by atoms with Crippen LogP contribution in [-0.2, 0) is 4.79 Å². The van der Waals surface area contributed by atoms with Gasteiger partial charge in [0.15, 0.2) is 5.75 Å². The van der Waals surface area contributed by atoms with E-state index in [0.717, 1.165) is 0 Å². The lowest BCUT2D eigenvalue weighted by Crippen LogP contribution is -2.30. The van der Waals surface area contributed by atoms with Gasteiger partial charge in [-0.25, -0.2) is 0 Å². The van der Waals surface area contributed by atoms with E-state index in [4.69, 9.17) is 39.5 Å². The molecule has 0 saturated heterocycles. The Morgan fingerprint density at radius 2 is 1.94 bits per heavy atom. The number of para-hydroxylation sites is 1. The Labute approximate surface area is 122 Å². The van der Waals surface area contributed by atoms with Crippen molar-refractivity contribution in [3.63, 3.8) is 0 Å². The molecule has 1 aromatic carbocycles. The molecule has 18 heavy (non-hydrogen) atoms. The highest BCUT2D eigenvalue weighted by atomic mass is 35.5. The van der Waals surface area contributed by atoms with Gasteiger partial charge in [0.05, 0.1) is 16.6 Å². The quantitative estimate of drug-likeness (QED) is 0.753. The predicted molar refractivity (Wildman–Crippen MR) is 74.9 cm³/mol. The zero-order chi connectivity index (χ0) is 13.5. The number of rotatable bonds is 6. The van der Waals surface area contributed by atoms with Crippen molar-refractivity contribution in [1.29, 1.82) is 0 Å². The van der Waals surface area contributed by atoms with Crippen LogP contribution in [0.25, 0.3) is 0 Å². The fourth-order valence-electron chi connectivity index (χ4n) is 1.30. The van der Waals surface area contributed by atoms with Crippen molar-refractivity contribution in [2.45, 2.75) is 6.42 Å². The van der Waals surface area contributed by atoms with E-state index >= 15 is 0 Å². The topological polar surface area (TPSA) is 29.5 Å². The summed E-state index contributed by atoms with van der Waals surface area (Å²) >= 11 is 17.4. The molecule has 0 aliphatic carbocycles. The fraction of sp³-hybridized carbons (Fsp3) is 0.417. The van der Waals surface area contributed by atoms with Crippen LogP contribution in [-0.4, -0.2) is 36.9 Å². The van der Waals surface area contributed by atoms with E-state index < -0.39 is 0 Å². The standard InChI is InChI=1S/C12H14Cl3NO2/c1-16(11(17)5-6-13)7-8-18-12-9(14)3-2-4-10(12)15/h2-4H,5-8H2,1H3. The first kappa shape index (κ1) is 15.4. The molecule has 0 atom stereocenters. The van der Waals surface area contributed by atoms with Crippen molar-refractivity contribution < 1.29 is 9.53 Å². The molecule has 1 amide bonds. The summed E-state index contributed by atoms with van der Waals surface area (Å²) in [5.41, 5.74) is 0. The SMILES string of the molecule is CN(CCOc1c(Cl)cccc1Cl)C(=O)CCCl. The van der Waals surface area contributed by atoms with Gasteiger partial charge in [-0.05, 0) is 12.1 Å². The Hall–Kier alpha value is -0.640. The second-order valence-corrected chi connectivity index (χ2v) is 4.85. The number of carbonyl (C=O) groups is 1. The number of nitrogens with zero attached hydrogens (tertiary/aromatic N) is 1. The minimum Gasteiger partial charge on any atom is -0.489 e. The molecule has 0 fully saturated rings. The minimum absolute atomic E-state index is 0.0149. The third kappa shape index (κ3) is 4.56. The molecular weight excluding hydrogens is 296 g/mol. The lowest BCUT2D eigenvalue weighted by Gasteiger charge is -2.17. The Balaban J connectivity index is 2.44. The largest absolute Gasteiger partial charge is 0.489 e. The minimum atomic E-state index is -0.0149. The molecule has 3 nitrogen and oxygen atoms in total. The molecule has 1 rings (SSSR count). The normalized spacial score (nSPS) is 10.2. The monoisotopic (exact) mass is 309 g/mol. The lowest BCUT2D eigenvalue weighted by atomic mass is 10.3. The van der Waals surface area contributed by atoms with Crippen LogP contribution in [0.15, 0.2) is 18.2 Å². The van der Waals surface area contributed by atoms with Gasteiger partial charge in [-0.3, -0.25) is 4.79 Å². The van der Waals surface area contributed by atoms with Crippen LogP contribution < -0.4 is 4.74 Å². The Morgan fingerprint density at radius 1 is 1.33 bits per heavy atom. The van der Waals surface area contributed by atoms with E-state index in [-0.39, 0.29) is 5.91 Å². The van der Waals surface area contributed by atoms with Gasteiger partial charge in [0, 0.05) is 19.3 Å². The van der Waals surface area contributed by atoms with Crippen LogP contribution in [0.3, 0.4) is 0 Å². The van der Waals surface area contributed by atoms with Crippen LogP contribution in [0.2, 0.25) is 10.0 Å². The van der Waals surface area contributed by atoms with Gasteiger partial charge in [-0.2, -0.15) is 0 Å². The molecule has 0 radical (unpaired) electrons. The summed E-state index contributed by atoms with van der Waals surface area (Å²) in [4.78, 5) is 13.0. The molecule has 0 aliphatic rings. The number of hydrogen-bond acceptors (Lipinski definition) is 2. The Morgan fingerprint density at radius 3 is 2.50 bits per heavy atom. The van der Waals surface area contributed by atoms with Gasteiger partial charge >= 0.3 is 0 Å². The number of hydrogen-bond donors (Lipinski definition) is 0. The second-order valence-electron chi connectivity index (χ2n) is 3.65. The van der Waals surface area contributed by atoms with E-state index in [1.807, 2.05) is 0 Å². The highest BCUT2D eigenvalue weighted by Gasteiger charge is 2.10. The number of likely N-dealkylation sites (N-methyl/N-ethyl adjacent to an activating group) is 1.